The van der Waals surface area contributed by atoms with Crippen LogP contribution in [0.2, 0.25) is 0 Å². The molecule has 32 heavy (non-hydrogen) atoms. The van der Waals surface area contributed by atoms with Crippen LogP contribution in [0.25, 0.3) is 0 Å². The molecule has 3 heterocycles. The van der Waals surface area contributed by atoms with E-state index in [0.29, 0.717) is 6.54 Å². The van der Waals surface area contributed by atoms with E-state index in [0.717, 1.165) is 5.69 Å². The SMILES string of the molecule is CNC1COC2(O)C(OCC(O)C(NC)C1O)OC(C)CC2(O)CNCc1ccccn1. The van der Waals surface area contributed by atoms with Crippen molar-refractivity contribution in [1.82, 2.24) is 20.9 Å². The van der Waals surface area contributed by atoms with Crippen molar-refractivity contribution in [3.8, 4) is 0 Å². The first-order valence-electron chi connectivity index (χ1n) is 10.9. The molecule has 0 saturated carbocycles. The monoisotopic (exact) mass is 456 g/mol. The molecule has 11 heteroatoms. The number of ether oxygens (including phenoxy) is 3. The fourth-order valence-corrected chi connectivity index (χ4v) is 4.35. The van der Waals surface area contributed by atoms with Gasteiger partial charge >= 0.3 is 0 Å². The van der Waals surface area contributed by atoms with Gasteiger partial charge < -0.3 is 50.6 Å². The van der Waals surface area contributed by atoms with Gasteiger partial charge in [0.2, 0.25) is 12.1 Å². The number of nitrogens with zero attached hydrogens (tertiary/aromatic N) is 1. The molecule has 0 spiro atoms. The molecular weight excluding hydrogens is 420 g/mol. The van der Waals surface area contributed by atoms with Crippen LogP contribution < -0.4 is 16.0 Å². The maximum Gasteiger partial charge on any atom is 0.249 e. The smallest absolute Gasteiger partial charge is 0.249 e. The van der Waals surface area contributed by atoms with E-state index in [2.05, 4.69) is 20.9 Å². The maximum atomic E-state index is 11.6. The summed E-state index contributed by atoms with van der Waals surface area (Å²) >= 11 is 0. The van der Waals surface area contributed by atoms with Crippen molar-refractivity contribution in [2.75, 3.05) is 33.9 Å². The Morgan fingerprint density at radius 3 is 2.59 bits per heavy atom. The first kappa shape index (κ1) is 25.4. The van der Waals surface area contributed by atoms with Crippen LogP contribution in [0.5, 0.6) is 0 Å². The fraction of sp³-hybridized carbons (Fsp3) is 0.762. The van der Waals surface area contributed by atoms with E-state index < -0.39 is 48.1 Å². The molecule has 8 unspecified atom stereocenters. The Balaban J connectivity index is 1.82. The molecule has 0 radical (unpaired) electrons. The molecule has 8 atom stereocenters. The summed E-state index contributed by atoms with van der Waals surface area (Å²) in [4.78, 5) is 4.24. The number of pyridine rings is 1. The molecule has 2 aliphatic heterocycles. The molecule has 1 aromatic heterocycles. The number of fused-ring (bicyclic) bond motifs is 1. The zero-order valence-corrected chi connectivity index (χ0v) is 18.8. The van der Waals surface area contributed by atoms with Crippen molar-refractivity contribution >= 4 is 0 Å². The Hall–Kier alpha value is -1.25. The van der Waals surface area contributed by atoms with Crippen LogP contribution >= 0.6 is 0 Å². The lowest BCUT2D eigenvalue weighted by atomic mass is 9.83. The van der Waals surface area contributed by atoms with Crippen LogP contribution in [0, 0.1) is 0 Å². The molecule has 0 bridgehead atoms. The zero-order valence-electron chi connectivity index (χ0n) is 18.8. The highest BCUT2D eigenvalue weighted by Crippen LogP contribution is 2.40. The normalized spacial score (nSPS) is 41.1. The Kier molecular flexibility index (Phi) is 8.55. The Labute approximate surface area is 188 Å². The van der Waals surface area contributed by atoms with Crippen molar-refractivity contribution in [1.29, 1.82) is 0 Å². The Morgan fingerprint density at radius 1 is 1.16 bits per heavy atom. The third kappa shape index (κ3) is 5.28. The van der Waals surface area contributed by atoms with E-state index in [1.165, 1.54) is 0 Å². The van der Waals surface area contributed by atoms with Gasteiger partial charge in [-0.25, -0.2) is 0 Å². The van der Waals surface area contributed by atoms with E-state index in [1.807, 2.05) is 18.2 Å². The van der Waals surface area contributed by atoms with Gasteiger partial charge in [0.05, 0.1) is 49.3 Å². The van der Waals surface area contributed by atoms with E-state index in [1.54, 1.807) is 27.2 Å². The lowest BCUT2D eigenvalue weighted by Crippen LogP contribution is -2.73. The Bertz CT molecular complexity index is 717. The summed E-state index contributed by atoms with van der Waals surface area (Å²) in [5, 5.41) is 53.4. The summed E-state index contributed by atoms with van der Waals surface area (Å²) < 4.78 is 17.3. The minimum Gasteiger partial charge on any atom is -0.390 e. The van der Waals surface area contributed by atoms with Crippen molar-refractivity contribution < 1.29 is 34.6 Å². The number of rotatable bonds is 6. The minimum atomic E-state index is -2.25. The lowest BCUT2D eigenvalue weighted by Gasteiger charge is -2.52. The largest absolute Gasteiger partial charge is 0.390 e. The topological polar surface area (TPSA) is 158 Å². The van der Waals surface area contributed by atoms with Gasteiger partial charge in [-0.2, -0.15) is 0 Å². The zero-order chi connectivity index (χ0) is 23.4. The van der Waals surface area contributed by atoms with Crippen LogP contribution in [0.3, 0.4) is 0 Å². The number of nitrogens with one attached hydrogen (secondary N) is 3. The average molecular weight is 457 g/mol. The summed E-state index contributed by atoms with van der Waals surface area (Å²) in [6.45, 7) is 1.69. The van der Waals surface area contributed by atoms with Crippen molar-refractivity contribution in [2.45, 2.75) is 68.0 Å². The first-order valence-corrected chi connectivity index (χ1v) is 10.9. The molecule has 182 valence electrons. The van der Waals surface area contributed by atoms with Crippen molar-refractivity contribution in [2.24, 2.45) is 0 Å². The molecular formula is C21H36N4O7. The molecule has 11 nitrogen and oxygen atoms in total. The van der Waals surface area contributed by atoms with Gasteiger partial charge in [-0.1, -0.05) is 6.07 Å². The summed E-state index contributed by atoms with van der Waals surface area (Å²) in [5.74, 6) is -2.25. The van der Waals surface area contributed by atoms with Crippen molar-refractivity contribution in [3.05, 3.63) is 30.1 Å². The lowest BCUT2D eigenvalue weighted by molar-refractivity contribution is -0.427. The van der Waals surface area contributed by atoms with Gasteiger partial charge in [0.15, 0.2) is 0 Å². The summed E-state index contributed by atoms with van der Waals surface area (Å²) in [5.41, 5.74) is -0.998. The Morgan fingerprint density at radius 2 is 1.94 bits per heavy atom. The van der Waals surface area contributed by atoms with E-state index in [-0.39, 0.29) is 26.2 Å². The second kappa shape index (κ2) is 10.8. The molecule has 0 aromatic carbocycles. The summed E-state index contributed by atoms with van der Waals surface area (Å²) in [6, 6.07) is 4.18. The quantitative estimate of drug-likeness (QED) is 0.246. The summed E-state index contributed by atoms with van der Waals surface area (Å²) in [6.07, 6.45) is -2.19. The predicted molar refractivity (Wildman–Crippen MR) is 114 cm³/mol. The molecule has 1 aromatic rings. The second-order valence-corrected chi connectivity index (χ2v) is 8.55. The maximum absolute atomic E-state index is 11.6. The van der Waals surface area contributed by atoms with E-state index in [4.69, 9.17) is 14.2 Å². The highest BCUT2D eigenvalue weighted by atomic mass is 16.8. The third-order valence-electron chi connectivity index (χ3n) is 6.22. The summed E-state index contributed by atoms with van der Waals surface area (Å²) in [7, 11) is 3.26. The molecule has 2 saturated heterocycles. The number of hydrogen-bond donors (Lipinski definition) is 7. The number of likely N-dealkylation sites (N-methyl/N-ethyl adjacent to an activating group) is 2. The van der Waals surface area contributed by atoms with E-state index in [9.17, 15) is 20.4 Å². The number of aromatic nitrogens is 1. The van der Waals surface area contributed by atoms with Crippen LogP contribution in [0.1, 0.15) is 19.0 Å². The number of hydrogen-bond acceptors (Lipinski definition) is 11. The van der Waals surface area contributed by atoms with Crippen LogP contribution in [-0.4, -0.2) is 107 Å². The highest BCUT2D eigenvalue weighted by molar-refractivity contribution is 5.06. The van der Waals surface area contributed by atoms with Crippen LogP contribution in [-0.2, 0) is 20.8 Å². The molecule has 7 N–H and O–H groups in total. The minimum absolute atomic E-state index is 0.0257. The predicted octanol–water partition coefficient (Wildman–Crippen LogP) is -2.33. The van der Waals surface area contributed by atoms with Gasteiger partial charge in [-0.15, -0.1) is 0 Å². The van der Waals surface area contributed by atoms with Gasteiger partial charge in [0, 0.05) is 25.7 Å². The average Bonchev–Trinajstić information content (AvgIpc) is 2.76. The van der Waals surface area contributed by atoms with E-state index >= 15 is 0 Å². The molecule has 3 rings (SSSR count). The number of aliphatic hydroxyl groups is 4. The van der Waals surface area contributed by atoms with Gasteiger partial charge in [0.25, 0.3) is 0 Å². The molecule has 0 amide bonds. The first-order chi connectivity index (χ1) is 15.2. The standard InChI is InChI=1S/C21H36N4O7/c1-13-8-20(28,12-24-9-14-6-4-5-7-25-14)21(29)19(32-13)30-11-16(26)17(23-3)18(27)15(22-2)10-31-21/h4-7,13,15-19,22-24,26-29H,8-12H2,1-3H3. The highest BCUT2D eigenvalue weighted by Gasteiger charge is 2.62. The van der Waals surface area contributed by atoms with Crippen LogP contribution in [0.4, 0.5) is 0 Å². The molecule has 2 fully saturated rings. The van der Waals surface area contributed by atoms with Gasteiger partial charge in [-0.05, 0) is 33.2 Å². The van der Waals surface area contributed by atoms with Gasteiger partial charge in [0.1, 0.15) is 5.60 Å². The molecule has 2 aliphatic rings. The third-order valence-corrected chi connectivity index (χ3v) is 6.22. The second-order valence-electron chi connectivity index (χ2n) is 8.55. The molecule has 0 aliphatic carbocycles. The van der Waals surface area contributed by atoms with Gasteiger partial charge in [-0.3, -0.25) is 4.98 Å². The van der Waals surface area contributed by atoms with Crippen molar-refractivity contribution in [3.63, 3.8) is 0 Å². The van der Waals surface area contributed by atoms with Crippen LogP contribution in [0.15, 0.2) is 24.4 Å². The number of aliphatic hydroxyl groups excluding tert-OH is 2. The fourth-order valence-electron chi connectivity index (χ4n) is 4.35.